The zero-order valence-corrected chi connectivity index (χ0v) is 9.25. The highest BCUT2D eigenvalue weighted by Crippen LogP contribution is 2.33. The fraction of sp³-hybridized carbons (Fsp3) is 0.333. The summed E-state index contributed by atoms with van der Waals surface area (Å²) >= 11 is 0. The number of hydrogen-bond donors (Lipinski definition) is 0. The maximum atomic E-state index is 13.6. The average Bonchev–Trinajstić information content (AvgIpc) is 2.83. The molecule has 0 aromatic heterocycles. The first-order valence-electron chi connectivity index (χ1n) is 5.01. The molecule has 0 aliphatic carbocycles. The summed E-state index contributed by atoms with van der Waals surface area (Å²) < 4.78 is 28.9. The van der Waals surface area contributed by atoms with Crippen LogP contribution >= 0.6 is 0 Å². The normalized spacial score (nSPS) is 14.3. The van der Waals surface area contributed by atoms with E-state index in [2.05, 4.69) is 0 Å². The third-order valence-corrected chi connectivity index (χ3v) is 2.44. The second kappa shape index (κ2) is 4.43. The highest BCUT2D eigenvalue weighted by atomic mass is 19.1. The predicted octanol–water partition coefficient (Wildman–Crippen LogP) is 2.60. The van der Waals surface area contributed by atoms with Gasteiger partial charge in [0.25, 0.3) is 0 Å². The first-order chi connectivity index (χ1) is 7.76. The van der Waals surface area contributed by atoms with Crippen LogP contribution in [0.5, 0.6) is 11.5 Å². The van der Waals surface area contributed by atoms with Gasteiger partial charge in [0.05, 0.1) is 20.8 Å². The molecule has 4 heteroatoms. The van der Waals surface area contributed by atoms with Crippen LogP contribution in [0.2, 0.25) is 0 Å². The third-order valence-electron chi connectivity index (χ3n) is 2.44. The minimum Gasteiger partial charge on any atom is -0.494 e. The maximum absolute atomic E-state index is 13.6. The van der Waals surface area contributed by atoms with Crippen molar-refractivity contribution in [3.05, 3.63) is 29.6 Å². The van der Waals surface area contributed by atoms with Gasteiger partial charge in [0.1, 0.15) is 5.76 Å². The Morgan fingerprint density at radius 3 is 2.25 bits per heavy atom. The molecular formula is C12H13FO3. The van der Waals surface area contributed by atoms with E-state index < -0.39 is 5.82 Å². The maximum Gasteiger partial charge on any atom is 0.206 e. The molecule has 86 valence electrons. The topological polar surface area (TPSA) is 27.7 Å². The molecule has 1 aliphatic heterocycles. The molecule has 0 spiro atoms. The molecule has 1 aromatic carbocycles. The Labute approximate surface area is 93.4 Å². The van der Waals surface area contributed by atoms with Crippen LogP contribution in [0, 0.1) is 5.82 Å². The van der Waals surface area contributed by atoms with Gasteiger partial charge in [-0.1, -0.05) is 0 Å². The van der Waals surface area contributed by atoms with Gasteiger partial charge in [-0.25, -0.2) is 0 Å². The molecular weight excluding hydrogens is 211 g/mol. The van der Waals surface area contributed by atoms with Gasteiger partial charge in [0.2, 0.25) is 5.82 Å². The van der Waals surface area contributed by atoms with Crippen LogP contribution in [-0.2, 0) is 4.74 Å². The number of ether oxygens (including phenoxy) is 3. The summed E-state index contributed by atoms with van der Waals surface area (Å²) in [5.41, 5.74) is 0.771. The molecule has 2 rings (SSSR count). The summed E-state index contributed by atoms with van der Waals surface area (Å²) in [5, 5.41) is 0. The average molecular weight is 224 g/mol. The van der Waals surface area contributed by atoms with Crippen molar-refractivity contribution in [1.82, 2.24) is 0 Å². The van der Waals surface area contributed by atoms with Gasteiger partial charge in [-0.05, 0) is 18.2 Å². The van der Waals surface area contributed by atoms with Crippen molar-refractivity contribution in [1.29, 1.82) is 0 Å². The van der Waals surface area contributed by atoms with Crippen LogP contribution in [0.1, 0.15) is 12.0 Å². The Hall–Kier alpha value is -1.71. The van der Waals surface area contributed by atoms with E-state index in [0.29, 0.717) is 6.61 Å². The molecule has 1 aliphatic rings. The number of methoxy groups -OCH3 is 2. The first kappa shape index (κ1) is 10.8. The number of rotatable bonds is 3. The summed E-state index contributed by atoms with van der Waals surface area (Å²) in [4.78, 5) is 0. The Kier molecular flexibility index (Phi) is 2.99. The van der Waals surface area contributed by atoms with E-state index in [9.17, 15) is 4.39 Å². The molecule has 0 bridgehead atoms. The van der Waals surface area contributed by atoms with E-state index in [1.165, 1.54) is 14.2 Å². The predicted molar refractivity (Wildman–Crippen MR) is 58.1 cm³/mol. The number of halogens is 1. The van der Waals surface area contributed by atoms with E-state index in [1.54, 1.807) is 12.1 Å². The molecule has 1 aromatic rings. The second-order valence-electron chi connectivity index (χ2n) is 3.40. The van der Waals surface area contributed by atoms with E-state index in [1.807, 2.05) is 6.08 Å². The SMILES string of the molecule is COc1cc(C2=CCCO2)cc(OC)c1F. The first-order valence-corrected chi connectivity index (χ1v) is 5.01. The van der Waals surface area contributed by atoms with Gasteiger partial charge in [0, 0.05) is 12.0 Å². The van der Waals surface area contributed by atoms with Crippen molar-refractivity contribution in [3.63, 3.8) is 0 Å². The van der Waals surface area contributed by atoms with Crippen molar-refractivity contribution in [2.75, 3.05) is 20.8 Å². The monoisotopic (exact) mass is 224 g/mol. The standard InChI is InChI=1S/C12H13FO3/c1-14-10-6-8(9-4-3-5-16-9)7-11(15-2)12(10)13/h4,6-7H,3,5H2,1-2H3. The Bertz CT molecular complexity index is 401. The molecule has 0 atom stereocenters. The van der Waals surface area contributed by atoms with Gasteiger partial charge < -0.3 is 14.2 Å². The van der Waals surface area contributed by atoms with E-state index in [0.717, 1.165) is 17.7 Å². The van der Waals surface area contributed by atoms with Crippen LogP contribution in [0.15, 0.2) is 18.2 Å². The Morgan fingerprint density at radius 1 is 1.19 bits per heavy atom. The highest BCUT2D eigenvalue weighted by molar-refractivity contribution is 5.64. The Morgan fingerprint density at radius 2 is 1.81 bits per heavy atom. The molecule has 0 unspecified atom stereocenters. The van der Waals surface area contributed by atoms with Crippen molar-refractivity contribution < 1.29 is 18.6 Å². The second-order valence-corrected chi connectivity index (χ2v) is 3.40. The number of benzene rings is 1. The van der Waals surface area contributed by atoms with Gasteiger partial charge >= 0.3 is 0 Å². The Balaban J connectivity index is 2.46. The summed E-state index contributed by atoms with van der Waals surface area (Å²) in [6, 6.07) is 3.21. The smallest absolute Gasteiger partial charge is 0.206 e. The van der Waals surface area contributed by atoms with Crippen LogP contribution in [-0.4, -0.2) is 20.8 Å². The summed E-state index contributed by atoms with van der Waals surface area (Å²) in [6.45, 7) is 0.664. The van der Waals surface area contributed by atoms with Crippen LogP contribution in [0.25, 0.3) is 5.76 Å². The lowest BCUT2D eigenvalue weighted by Crippen LogP contribution is -1.96. The highest BCUT2D eigenvalue weighted by Gasteiger charge is 2.16. The minimum absolute atomic E-state index is 0.158. The summed E-state index contributed by atoms with van der Waals surface area (Å²) in [5.74, 6) is 0.570. The van der Waals surface area contributed by atoms with Gasteiger partial charge in [0.15, 0.2) is 11.5 Å². The van der Waals surface area contributed by atoms with Crippen LogP contribution < -0.4 is 9.47 Å². The number of hydrogen-bond acceptors (Lipinski definition) is 3. The fourth-order valence-corrected chi connectivity index (χ4v) is 1.63. The molecule has 0 saturated carbocycles. The van der Waals surface area contributed by atoms with Gasteiger partial charge in [-0.2, -0.15) is 4.39 Å². The molecule has 0 N–H and O–H groups in total. The van der Waals surface area contributed by atoms with Gasteiger partial charge in [-0.15, -0.1) is 0 Å². The molecule has 0 amide bonds. The van der Waals surface area contributed by atoms with Crippen LogP contribution in [0.3, 0.4) is 0 Å². The van der Waals surface area contributed by atoms with Crippen molar-refractivity contribution in [2.24, 2.45) is 0 Å². The molecule has 16 heavy (non-hydrogen) atoms. The molecule has 0 saturated heterocycles. The van der Waals surface area contributed by atoms with Crippen LogP contribution in [0.4, 0.5) is 4.39 Å². The van der Waals surface area contributed by atoms with Gasteiger partial charge in [-0.3, -0.25) is 0 Å². The van der Waals surface area contributed by atoms with E-state index in [4.69, 9.17) is 14.2 Å². The molecule has 3 nitrogen and oxygen atoms in total. The fourth-order valence-electron chi connectivity index (χ4n) is 1.63. The summed E-state index contributed by atoms with van der Waals surface area (Å²) in [7, 11) is 2.84. The van der Waals surface area contributed by atoms with Crippen molar-refractivity contribution in [3.8, 4) is 11.5 Å². The lowest BCUT2D eigenvalue weighted by atomic mass is 10.1. The molecule has 0 radical (unpaired) electrons. The molecule has 1 heterocycles. The zero-order valence-electron chi connectivity index (χ0n) is 9.25. The quantitative estimate of drug-likeness (QED) is 0.789. The lowest BCUT2D eigenvalue weighted by molar-refractivity contribution is 0.306. The van der Waals surface area contributed by atoms with Crippen molar-refractivity contribution in [2.45, 2.75) is 6.42 Å². The molecule has 0 fully saturated rings. The largest absolute Gasteiger partial charge is 0.494 e. The van der Waals surface area contributed by atoms with E-state index >= 15 is 0 Å². The lowest BCUT2D eigenvalue weighted by Gasteiger charge is -2.10. The third kappa shape index (κ3) is 1.83. The summed E-state index contributed by atoms with van der Waals surface area (Å²) in [6.07, 6.45) is 2.84. The zero-order chi connectivity index (χ0) is 11.5. The minimum atomic E-state index is -0.493. The van der Waals surface area contributed by atoms with Crippen molar-refractivity contribution >= 4 is 5.76 Å². The van der Waals surface area contributed by atoms with E-state index in [-0.39, 0.29) is 11.5 Å².